The summed E-state index contributed by atoms with van der Waals surface area (Å²) in [5.74, 6) is 0. The molecule has 1 aromatic carbocycles. The second-order valence-corrected chi connectivity index (χ2v) is 4.86. The van der Waals surface area contributed by atoms with Crippen molar-refractivity contribution in [3.05, 3.63) is 29.1 Å². The molecule has 4 heteroatoms. The van der Waals surface area contributed by atoms with E-state index < -0.39 is 0 Å². The predicted octanol–water partition coefficient (Wildman–Crippen LogP) is 1.74. The molecule has 0 amide bonds. The molecule has 2 rings (SSSR count). The molecule has 0 saturated carbocycles. The van der Waals surface area contributed by atoms with E-state index in [1.165, 1.54) is 10.2 Å². The number of fused-ring (bicyclic) bond motifs is 1. The number of nitrogens with one attached hydrogen (secondary N) is 1. The summed E-state index contributed by atoms with van der Waals surface area (Å²) in [6.07, 6.45) is 0. The second kappa shape index (κ2) is 4.16. The maximum absolute atomic E-state index is 7.91. The van der Waals surface area contributed by atoms with Crippen LogP contribution in [0.2, 0.25) is 0 Å². The van der Waals surface area contributed by atoms with Gasteiger partial charge in [-0.05, 0) is 26.2 Å². The fraction of sp³-hybridized carbons (Fsp3) is 0.364. The van der Waals surface area contributed by atoms with Crippen molar-refractivity contribution in [2.75, 3.05) is 20.6 Å². The van der Waals surface area contributed by atoms with Gasteiger partial charge in [0.2, 0.25) is 0 Å². The molecule has 0 bridgehead atoms. The van der Waals surface area contributed by atoms with Gasteiger partial charge in [-0.1, -0.05) is 23.5 Å². The molecule has 3 nitrogen and oxygen atoms in total. The summed E-state index contributed by atoms with van der Waals surface area (Å²) >= 11 is 1.54. The second-order valence-electron chi connectivity index (χ2n) is 3.83. The van der Waals surface area contributed by atoms with Crippen LogP contribution in [0.4, 0.5) is 0 Å². The van der Waals surface area contributed by atoms with Crippen LogP contribution in [-0.2, 0) is 6.54 Å². The lowest BCUT2D eigenvalue weighted by Crippen LogP contribution is -2.23. The predicted molar refractivity (Wildman–Crippen MR) is 64.2 cm³/mol. The summed E-state index contributed by atoms with van der Waals surface area (Å²) in [6, 6.07) is 8.21. The molecule has 1 aromatic heterocycles. The SMILES string of the molecule is CN(C)CCn1c(=N)sc2ccccc21. The molecule has 80 valence electrons. The number of nitrogens with zero attached hydrogens (tertiary/aromatic N) is 2. The van der Waals surface area contributed by atoms with Crippen LogP contribution < -0.4 is 4.80 Å². The molecule has 0 atom stereocenters. The van der Waals surface area contributed by atoms with Gasteiger partial charge in [0.25, 0.3) is 0 Å². The van der Waals surface area contributed by atoms with Crippen LogP contribution in [-0.4, -0.2) is 30.1 Å². The summed E-state index contributed by atoms with van der Waals surface area (Å²) in [5, 5.41) is 7.91. The minimum atomic E-state index is 0.637. The number of likely N-dealkylation sites (N-methyl/N-ethyl adjacent to an activating group) is 1. The van der Waals surface area contributed by atoms with Gasteiger partial charge in [-0.3, -0.25) is 5.41 Å². The van der Waals surface area contributed by atoms with Crippen LogP contribution in [0, 0.1) is 5.41 Å². The Morgan fingerprint density at radius 1 is 1.33 bits per heavy atom. The average molecular weight is 221 g/mol. The smallest absolute Gasteiger partial charge is 0.182 e. The van der Waals surface area contributed by atoms with Crippen molar-refractivity contribution >= 4 is 21.6 Å². The Balaban J connectivity index is 2.41. The standard InChI is InChI=1S/C11H15N3S/c1-13(2)7-8-14-9-5-3-4-6-10(9)15-11(14)12/h3-6,12H,7-8H2,1-2H3. The molecule has 0 aliphatic rings. The Kier molecular flexibility index (Phi) is 2.88. The monoisotopic (exact) mass is 221 g/mol. The Bertz CT molecular complexity index is 510. The van der Waals surface area contributed by atoms with E-state index in [2.05, 4.69) is 35.7 Å². The molecule has 15 heavy (non-hydrogen) atoms. The summed E-state index contributed by atoms with van der Waals surface area (Å²) in [5.41, 5.74) is 1.18. The van der Waals surface area contributed by atoms with Crippen molar-refractivity contribution in [1.82, 2.24) is 9.47 Å². The molecule has 0 spiro atoms. The lowest BCUT2D eigenvalue weighted by Gasteiger charge is -2.10. The number of hydrogen-bond acceptors (Lipinski definition) is 3. The Hall–Kier alpha value is -1.13. The number of thiazole rings is 1. The van der Waals surface area contributed by atoms with Crippen LogP contribution in [0.25, 0.3) is 10.2 Å². The van der Waals surface area contributed by atoms with E-state index in [1.54, 1.807) is 11.3 Å². The van der Waals surface area contributed by atoms with Crippen molar-refractivity contribution in [3.8, 4) is 0 Å². The van der Waals surface area contributed by atoms with Gasteiger partial charge in [0.05, 0.1) is 10.2 Å². The third-order valence-electron chi connectivity index (χ3n) is 2.38. The van der Waals surface area contributed by atoms with E-state index in [0.29, 0.717) is 4.80 Å². The lowest BCUT2D eigenvalue weighted by molar-refractivity contribution is 0.384. The van der Waals surface area contributed by atoms with Gasteiger partial charge < -0.3 is 9.47 Å². The summed E-state index contributed by atoms with van der Waals surface area (Å²) in [7, 11) is 4.11. The molecular weight excluding hydrogens is 206 g/mol. The quantitative estimate of drug-likeness (QED) is 0.841. The molecule has 2 aromatic rings. The van der Waals surface area contributed by atoms with Gasteiger partial charge in [-0.15, -0.1) is 0 Å². The highest BCUT2D eigenvalue weighted by molar-refractivity contribution is 7.16. The van der Waals surface area contributed by atoms with Gasteiger partial charge in [0.1, 0.15) is 0 Å². The third-order valence-corrected chi connectivity index (χ3v) is 3.36. The van der Waals surface area contributed by atoms with E-state index in [4.69, 9.17) is 5.41 Å². The van der Waals surface area contributed by atoms with E-state index >= 15 is 0 Å². The van der Waals surface area contributed by atoms with Gasteiger partial charge in [0, 0.05) is 13.1 Å². The number of para-hydroxylation sites is 1. The van der Waals surface area contributed by atoms with E-state index in [-0.39, 0.29) is 0 Å². The minimum absolute atomic E-state index is 0.637. The Morgan fingerprint density at radius 2 is 2.07 bits per heavy atom. The van der Waals surface area contributed by atoms with E-state index in [1.807, 2.05) is 12.1 Å². The highest BCUT2D eigenvalue weighted by Crippen LogP contribution is 2.15. The largest absolute Gasteiger partial charge is 0.316 e. The van der Waals surface area contributed by atoms with Crippen molar-refractivity contribution in [2.24, 2.45) is 0 Å². The van der Waals surface area contributed by atoms with Gasteiger partial charge in [-0.2, -0.15) is 0 Å². The minimum Gasteiger partial charge on any atom is -0.316 e. The first kappa shape index (κ1) is 10.4. The lowest BCUT2D eigenvalue weighted by atomic mass is 10.3. The van der Waals surface area contributed by atoms with Crippen molar-refractivity contribution in [3.63, 3.8) is 0 Å². The fourth-order valence-corrected chi connectivity index (χ4v) is 2.49. The zero-order valence-corrected chi connectivity index (χ0v) is 9.84. The summed E-state index contributed by atoms with van der Waals surface area (Å²) in [6.45, 7) is 1.85. The Morgan fingerprint density at radius 3 is 2.80 bits per heavy atom. The molecule has 0 aliphatic heterocycles. The number of hydrogen-bond donors (Lipinski definition) is 1. The Labute approximate surface area is 93.1 Å². The van der Waals surface area contributed by atoms with Crippen LogP contribution in [0.15, 0.2) is 24.3 Å². The normalized spacial score (nSPS) is 11.4. The molecule has 1 N–H and O–H groups in total. The molecule has 1 heterocycles. The maximum atomic E-state index is 7.91. The van der Waals surface area contributed by atoms with Gasteiger partial charge >= 0.3 is 0 Å². The number of rotatable bonds is 3. The zero-order valence-electron chi connectivity index (χ0n) is 9.03. The summed E-state index contributed by atoms with van der Waals surface area (Å²) < 4.78 is 3.27. The van der Waals surface area contributed by atoms with Crippen LogP contribution in [0.5, 0.6) is 0 Å². The van der Waals surface area contributed by atoms with Crippen LogP contribution in [0.1, 0.15) is 0 Å². The van der Waals surface area contributed by atoms with Crippen LogP contribution >= 0.6 is 11.3 Å². The molecule has 0 radical (unpaired) electrons. The maximum Gasteiger partial charge on any atom is 0.182 e. The zero-order chi connectivity index (χ0) is 10.8. The van der Waals surface area contributed by atoms with Crippen molar-refractivity contribution < 1.29 is 0 Å². The highest BCUT2D eigenvalue weighted by atomic mass is 32.1. The first-order chi connectivity index (χ1) is 7.18. The van der Waals surface area contributed by atoms with Gasteiger partial charge in [0.15, 0.2) is 4.80 Å². The fourth-order valence-electron chi connectivity index (χ4n) is 1.56. The first-order valence-electron chi connectivity index (χ1n) is 4.96. The van der Waals surface area contributed by atoms with E-state index in [9.17, 15) is 0 Å². The van der Waals surface area contributed by atoms with Gasteiger partial charge in [-0.25, -0.2) is 0 Å². The number of aromatic nitrogens is 1. The van der Waals surface area contributed by atoms with Crippen molar-refractivity contribution in [1.29, 1.82) is 5.41 Å². The van der Waals surface area contributed by atoms with Crippen molar-refractivity contribution in [2.45, 2.75) is 6.54 Å². The number of benzene rings is 1. The molecule has 0 fully saturated rings. The average Bonchev–Trinajstić information content (AvgIpc) is 2.50. The molecule has 0 saturated heterocycles. The highest BCUT2D eigenvalue weighted by Gasteiger charge is 2.03. The third kappa shape index (κ3) is 2.11. The molecule has 0 unspecified atom stereocenters. The molecular formula is C11H15N3S. The summed E-state index contributed by atoms with van der Waals surface area (Å²) in [4.78, 5) is 2.77. The topological polar surface area (TPSA) is 32.0 Å². The molecule has 0 aliphatic carbocycles. The first-order valence-corrected chi connectivity index (χ1v) is 5.78. The van der Waals surface area contributed by atoms with Crippen LogP contribution in [0.3, 0.4) is 0 Å². The van der Waals surface area contributed by atoms with E-state index in [0.717, 1.165) is 13.1 Å².